The van der Waals surface area contributed by atoms with Crippen LogP contribution in [0.25, 0.3) is 5.57 Å². The molecule has 0 heterocycles. The topological polar surface area (TPSA) is 0 Å². The first-order valence-electron chi connectivity index (χ1n) is 11.2. The Balaban J connectivity index is 0.00000132. The predicted octanol–water partition coefficient (Wildman–Crippen LogP) is 7.70. The minimum absolute atomic E-state index is 1.04. The molecule has 0 saturated heterocycles. The van der Waals surface area contributed by atoms with Crippen molar-refractivity contribution in [1.82, 2.24) is 0 Å². The molecule has 0 fully saturated rings. The van der Waals surface area contributed by atoms with Gasteiger partial charge in [0.2, 0.25) is 0 Å². The van der Waals surface area contributed by atoms with Crippen molar-refractivity contribution in [2.24, 2.45) is 0 Å². The van der Waals surface area contributed by atoms with Gasteiger partial charge in [-0.1, -0.05) is 79.0 Å². The van der Waals surface area contributed by atoms with Gasteiger partial charge in [-0.15, -0.1) is 0 Å². The Morgan fingerprint density at radius 2 is 1.13 bits per heavy atom. The van der Waals surface area contributed by atoms with Crippen LogP contribution in [-0.2, 0) is 0 Å². The van der Waals surface area contributed by atoms with Crippen LogP contribution in [0.4, 0.5) is 0 Å². The quantitative estimate of drug-likeness (QED) is 0.366. The van der Waals surface area contributed by atoms with Gasteiger partial charge >= 0.3 is 0 Å². The summed E-state index contributed by atoms with van der Waals surface area (Å²) in [6.07, 6.45) is 5.84. The van der Waals surface area contributed by atoms with Gasteiger partial charge < -0.3 is 0 Å². The highest BCUT2D eigenvalue weighted by Crippen LogP contribution is 2.30. The third-order valence-electron chi connectivity index (χ3n) is 5.20. The van der Waals surface area contributed by atoms with Crippen LogP contribution in [0.5, 0.6) is 0 Å². The van der Waals surface area contributed by atoms with Crippen molar-refractivity contribution in [3.8, 4) is 23.7 Å². The largest absolute Gasteiger partial charge is 0.0807 e. The SMILES string of the molecule is CC.Cc1ccc(C#Cc2ccc(C#Cc3ccc(C)cc3)c(C3=CCCC3)c2)cc1. The first-order valence-corrected chi connectivity index (χ1v) is 11.2. The second-order valence-electron chi connectivity index (χ2n) is 7.61. The maximum Gasteiger partial charge on any atom is 0.0324 e. The van der Waals surface area contributed by atoms with E-state index < -0.39 is 0 Å². The molecule has 0 heteroatoms. The van der Waals surface area contributed by atoms with Crippen LogP contribution >= 0.6 is 0 Å². The normalized spacial score (nSPS) is 11.8. The summed E-state index contributed by atoms with van der Waals surface area (Å²) in [5, 5.41) is 0. The van der Waals surface area contributed by atoms with Crippen molar-refractivity contribution in [2.45, 2.75) is 47.0 Å². The van der Waals surface area contributed by atoms with Crippen molar-refractivity contribution in [2.75, 3.05) is 0 Å². The monoisotopic (exact) mass is 402 g/mol. The molecule has 0 atom stereocenters. The van der Waals surface area contributed by atoms with E-state index >= 15 is 0 Å². The summed E-state index contributed by atoms with van der Waals surface area (Å²) < 4.78 is 0. The fourth-order valence-electron chi connectivity index (χ4n) is 3.47. The zero-order chi connectivity index (χ0) is 22.1. The molecular weight excluding hydrogens is 372 g/mol. The van der Waals surface area contributed by atoms with E-state index in [1.165, 1.54) is 28.7 Å². The molecule has 1 aliphatic rings. The van der Waals surface area contributed by atoms with Crippen molar-refractivity contribution in [3.05, 3.63) is 112 Å². The highest BCUT2D eigenvalue weighted by Gasteiger charge is 2.11. The lowest BCUT2D eigenvalue weighted by Crippen LogP contribution is -1.90. The number of hydrogen-bond donors (Lipinski definition) is 0. The maximum atomic E-state index is 3.39. The van der Waals surface area contributed by atoms with Gasteiger partial charge in [0, 0.05) is 22.3 Å². The van der Waals surface area contributed by atoms with Crippen molar-refractivity contribution < 1.29 is 0 Å². The Bertz CT molecular complexity index is 1170. The Hall–Kier alpha value is -3.48. The summed E-state index contributed by atoms with van der Waals surface area (Å²) in [5.41, 5.74) is 9.35. The Labute approximate surface area is 188 Å². The van der Waals surface area contributed by atoms with Crippen LogP contribution in [-0.4, -0.2) is 0 Å². The molecular formula is C31H30. The first kappa shape index (κ1) is 22.2. The average molecular weight is 403 g/mol. The van der Waals surface area contributed by atoms with Gasteiger partial charge in [0.05, 0.1) is 0 Å². The van der Waals surface area contributed by atoms with Crippen LogP contribution in [0, 0.1) is 37.5 Å². The molecule has 31 heavy (non-hydrogen) atoms. The molecule has 1 aliphatic carbocycles. The second-order valence-corrected chi connectivity index (χ2v) is 7.61. The van der Waals surface area contributed by atoms with E-state index in [-0.39, 0.29) is 0 Å². The van der Waals surface area contributed by atoms with E-state index in [9.17, 15) is 0 Å². The van der Waals surface area contributed by atoms with E-state index in [4.69, 9.17) is 0 Å². The lowest BCUT2D eigenvalue weighted by Gasteiger charge is -2.07. The zero-order valence-electron chi connectivity index (χ0n) is 19.0. The minimum Gasteiger partial charge on any atom is -0.0807 e. The van der Waals surface area contributed by atoms with Crippen molar-refractivity contribution in [3.63, 3.8) is 0 Å². The van der Waals surface area contributed by atoms with Crippen LogP contribution in [0.1, 0.15) is 72.1 Å². The molecule has 0 amide bonds. The maximum absolute atomic E-state index is 3.39. The van der Waals surface area contributed by atoms with Gasteiger partial charge in [-0.05, 0) is 86.7 Å². The Morgan fingerprint density at radius 1 is 0.613 bits per heavy atom. The van der Waals surface area contributed by atoms with Gasteiger partial charge in [0.25, 0.3) is 0 Å². The number of hydrogen-bond acceptors (Lipinski definition) is 0. The number of benzene rings is 3. The van der Waals surface area contributed by atoms with Crippen LogP contribution in [0.15, 0.2) is 72.8 Å². The molecule has 0 radical (unpaired) electrons. The minimum atomic E-state index is 1.04. The van der Waals surface area contributed by atoms with Gasteiger partial charge in [0.15, 0.2) is 0 Å². The van der Waals surface area contributed by atoms with Crippen LogP contribution in [0.3, 0.4) is 0 Å². The average Bonchev–Trinajstić information content (AvgIpc) is 3.35. The molecule has 0 unspecified atom stereocenters. The molecule has 0 spiro atoms. The third kappa shape index (κ3) is 6.25. The second kappa shape index (κ2) is 11.1. The fraction of sp³-hybridized carbons (Fsp3) is 0.226. The third-order valence-corrected chi connectivity index (χ3v) is 5.20. The first-order chi connectivity index (χ1) is 15.2. The molecule has 0 aliphatic heterocycles. The van der Waals surface area contributed by atoms with Gasteiger partial charge in [-0.3, -0.25) is 0 Å². The van der Waals surface area contributed by atoms with Crippen LogP contribution in [0.2, 0.25) is 0 Å². The smallest absolute Gasteiger partial charge is 0.0324 e. The van der Waals surface area contributed by atoms with Gasteiger partial charge in [0.1, 0.15) is 0 Å². The van der Waals surface area contributed by atoms with Gasteiger partial charge in [-0.2, -0.15) is 0 Å². The van der Waals surface area contributed by atoms with Gasteiger partial charge in [-0.25, -0.2) is 0 Å². The zero-order valence-corrected chi connectivity index (χ0v) is 19.0. The Kier molecular flexibility index (Phi) is 7.92. The Morgan fingerprint density at radius 3 is 1.68 bits per heavy atom. The van der Waals surface area contributed by atoms with Crippen molar-refractivity contribution >= 4 is 5.57 Å². The summed E-state index contributed by atoms with van der Waals surface area (Å²) in [6, 6.07) is 23.1. The number of rotatable bonds is 1. The summed E-state index contributed by atoms with van der Waals surface area (Å²) in [7, 11) is 0. The molecule has 0 aromatic heterocycles. The summed E-state index contributed by atoms with van der Waals surface area (Å²) in [6.45, 7) is 8.19. The standard InChI is InChI=1S/C29H24.C2H6/c1-22-7-11-24(12-8-22)15-16-26-18-20-28(29(21-26)27-5-3-4-6-27)19-17-25-13-9-23(2)10-14-25;1-2/h5,7-14,18,20-21H,3-4,6H2,1-2H3;1-2H3. The number of aryl methyl sites for hydroxylation is 2. The summed E-state index contributed by atoms with van der Waals surface area (Å²) in [5.74, 6) is 13.3. The van der Waals surface area contributed by atoms with E-state index in [0.717, 1.165) is 35.1 Å². The van der Waals surface area contributed by atoms with E-state index in [1.807, 2.05) is 13.8 Å². The highest BCUT2D eigenvalue weighted by molar-refractivity contribution is 5.74. The van der Waals surface area contributed by atoms with Crippen molar-refractivity contribution in [1.29, 1.82) is 0 Å². The summed E-state index contributed by atoms with van der Waals surface area (Å²) in [4.78, 5) is 0. The van der Waals surface area contributed by atoms with E-state index in [1.54, 1.807) is 0 Å². The highest BCUT2D eigenvalue weighted by atomic mass is 14.1. The molecule has 154 valence electrons. The lowest BCUT2D eigenvalue weighted by molar-refractivity contribution is 0.935. The molecule has 3 aromatic carbocycles. The van der Waals surface area contributed by atoms with E-state index in [2.05, 4.69) is 110 Å². The molecule has 0 N–H and O–H groups in total. The molecule has 3 aromatic rings. The summed E-state index contributed by atoms with van der Waals surface area (Å²) >= 11 is 0. The predicted molar refractivity (Wildman–Crippen MR) is 134 cm³/mol. The molecule has 0 saturated carbocycles. The molecule has 0 nitrogen and oxygen atoms in total. The fourth-order valence-corrected chi connectivity index (χ4v) is 3.47. The molecule has 0 bridgehead atoms. The molecule has 4 rings (SSSR count). The van der Waals surface area contributed by atoms with E-state index in [0.29, 0.717) is 0 Å². The van der Waals surface area contributed by atoms with Crippen LogP contribution < -0.4 is 0 Å². The lowest BCUT2D eigenvalue weighted by atomic mass is 9.96. The number of allylic oxidation sites excluding steroid dienone is 2.